The summed E-state index contributed by atoms with van der Waals surface area (Å²) < 4.78 is 5.99. The number of hydrogen-bond acceptors (Lipinski definition) is 6. The zero-order valence-corrected chi connectivity index (χ0v) is 46.8. The standard InChI is InChI=1S/C44H29N3.C35H24N2O/c1-24-45-43(25-18-20-35-37(22-25)41-31-14-6-2-10-27(31)39(35)28-11-3-7-15-32(28)41)47-44(46-24)26-19-21-36-38(23-26)42-33-16-8-4-12-29(33)40(36)30-13-5-9-17-34(30)42;1-21-10-12-23(13-11-21)34-36-37-35(38-34)24-16-14-22(15-17-24)25-18-19-30-31(20-25)33-28-8-4-2-6-26(28)32(30)27-7-3-5-9-29(27)33/h2-23,39-42H,1H3;2-20,32-33H,1H3. The molecule has 22 rings (SSSR count). The van der Waals surface area contributed by atoms with E-state index in [4.69, 9.17) is 19.4 Å². The van der Waals surface area contributed by atoms with E-state index >= 15 is 0 Å². The highest BCUT2D eigenvalue weighted by Gasteiger charge is 2.44. The van der Waals surface area contributed by atoms with Crippen molar-refractivity contribution in [3.8, 4) is 56.8 Å². The van der Waals surface area contributed by atoms with Gasteiger partial charge in [0.2, 0.25) is 11.8 Å². The van der Waals surface area contributed by atoms with Crippen LogP contribution in [0.25, 0.3) is 56.8 Å². The summed E-state index contributed by atoms with van der Waals surface area (Å²) in [4.78, 5) is 14.9. The molecule has 0 aliphatic heterocycles. The molecule has 0 spiro atoms. The van der Waals surface area contributed by atoms with Crippen molar-refractivity contribution in [1.29, 1.82) is 0 Å². The molecule has 0 radical (unpaired) electrons. The molecular weight excluding hydrogens is 1030 g/mol. The Morgan fingerprint density at radius 1 is 0.235 bits per heavy atom. The third-order valence-electron chi connectivity index (χ3n) is 19.3. The van der Waals surface area contributed by atoms with Crippen LogP contribution in [0.3, 0.4) is 0 Å². The molecule has 9 aliphatic rings. The van der Waals surface area contributed by atoms with Gasteiger partial charge in [-0.3, -0.25) is 0 Å². The number of aromatic nitrogens is 5. The molecule has 0 unspecified atom stereocenters. The Labute approximate surface area is 493 Å². The fraction of sp³-hybridized carbons (Fsp3) is 0.101. The monoisotopic (exact) mass is 1090 g/mol. The van der Waals surface area contributed by atoms with Crippen LogP contribution in [-0.4, -0.2) is 25.1 Å². The maximum absolute atomic E-state index is 5.99. The molecule has 0 fully saturated rings. The molecule has 0 amide bonds. The minimum atomic E-state index is 0.214. The molecular formula is C79H53N5O. The van der Waals surface area contributed by atoms with Crippen molar-refractivity contribution < 1.29 is 4.42 Å². The minimum Gasteiger partial charge on any atom is -0.416 e. The van der Waals surface area contributed by atoms with E-state index in [2.05, 4.69) is 254 Å². The second-order valence-electron chi connectivity index (χ2n) is 23.8. The predicted molar refractivity (Wildman–Crippen MR) is 335 cm³/mol. The lowest BCUT2D eigenvalue weighted by Crippen LogP contribution is -2.27. The summed E-state index contributed by atoms with van der Waals surface area (Å²) in [6.07, 6.45) is 0. The maximum Gasteiger partial charge on any atom is 0.248 e. The van der Waals surface area contributed by atoms with Crippen molar-refractivity contribution in [2.45, 2.75) is 49.4 Å². The fourth-order valence-electron chi connectivity index (χ4n) is 15.7. The second-order valence-corrected chi connectivity index (χ2v) is 23.8. The molecule has 0 atom stereocenters. The third kappa shape index (κ3) is 7.28. The van der Waals surface area contributed by atoms with Gasteiger partial charge in [-0.25, -0.2) is 15.0 Å². The summed E-state index contributed by atoms with van der Waals surface area (Å²) in [7, 11) is 0. The first-order valence-corrected chi connectivity index (χ1v) is 29.7. The van der Waals surface area contributed by atoms with Crippen LogP contribution in [0.1, 0.15) is 147 Å². The number of rotatable bonds is 5. The summed E-state index contributed by atoms with van der Waals surface area (Å²) in [5, 5.41) is 8.56. The van der Waals surface area contributed by atoms with Crippen molar-refractivity contribution in [3.63, 3.8) is 0 Å². The Balaban J connectivity index is 0.000000132. The van der Waals surface area contributed by atoms with E-state index in [1.165, 1.54) is 117 Å². The Morgan fingerprint density at radius 3 is 0.812 bits per heavy atom. The van der Waals surface area contributed by atoms with E-state index in [0.29, 0.717) is 17.7 Å². The molecule has 2 aromatic heterocycles. The topological polar surface area (TPSA) is 77.6 Å². The van der Waals surface area contributed by atoms with E-state index in [9.17, 15) is 0 Å². The van der Waals surface area contributed by atoms with Crippen LogP contribution in [0, 0.1) is 13.8 Å². The molecule has 0 saturated heterocycles. The summed E-state index contributed by atoms with van der Waals surface area (Å²) in [5.74, 6) is 4.78. The average Bonchev–Trinajstić information content (AvgIpc) is 2.49. The Hall–Kier alpha value is -10.4. The van der Waals surface area contributed by atoms with Crippen LogP contribution >= 0.6 is 0 Å². The highest BCUT2D eigenvalue weighted by molar-refractivity contribution is 5.77. The molecule has 400 valence electrons. The van der Waals surface area contributed by atoms with Crippen molar-refractivity contribution in [3.05, 3.63) is 360 Å². The van der Waals surface area contributed by atoms with Gasteiger partial charge in [0.1, 0.15) is 5.82 Å². The van der Waals surface area contributed by atoms with Gasteiger partial charge < -0.3 is 4.42 Å². The number of benzene rings is 11. The van der Waals surface area contributed by atoms with Gasteiger partial charge in [0.15, 0.2) is 11.6 Å². The van der Waals surface area contributed by atoms with E-state index in [1.807, 2.05) is 19.1 Å². The van der Waals surface area contributed by atoms with Gasteiger partial charge in [-0.2, -0.15) is 0 Å². The van der Waals surface area contributed by atoms with Crippen LogP contribution in [-0.2, 0) is 0 Å². The highest BCUT2D eigenvalue weighted by atomic mass is 16.4. The van der Waals surface area contributed by atoms with Crippen LogP contribution in [0.4, 0.5) is 0 Å². The molecule has 13 aromatic rings. The lowest BCUT2D eigenvalue weighted by molar-refractivity contribution is 0.584. The van der Waals surface area contributed by atoms with E-state index in [0.717, 1.165) is 39.7 Å². The van der Waals surface area contributed by atoms with Crippen LogP contribution < -0.4 is 0 Å². The summed E-state index contributed by atoms with van der Waals surface area (Å²) >= 11 is 0. The molecule has 6 heteroatoms. The summed E-state index contributed by atoms with van der Waals surface area (Å²) in [6.45, 7) is 4.05. The van der Waals surface area contributed by atoms with Gasteiger partial charge >= 0.3 is 0 Å². The first kappa shape index (κ1) is 48.1. The molecule has 85 heavy (non-hydrogen) atoms. The van der Waals surface area contributed by atoms with E-state index in [1.54, 1.807) is 0 Å². The maximum atomic E-state index is 5.99. The summed E-state index contributed by atoms with van der Waals surface area (Å²) in [5.41, 5.74) is 33.1. The van der Waals surface area contributed by atoms with Gasteiger partial charge in [-0.1, -0.05) is 212 Å². The molecule has 0 saturated carbocycles. The van der Waals surface area contributed by atoms with Crippen LogP contribution in [0.15, 0.2) is 253 Å². The average molecular weight is 1090 g/mol. The number of aryl methyl sites for hydroxylation is 2. The van der Waals surface area contributed by atoms with Gasteiger partial charge in [-0.05, 0) is 168 Å². The lowest BCUT2D eigenvalue weighted by Gasteiger charge is -2.42. The first-order chi connectivity index (χ1) is 42.0. The fourth-order valence-corrected chi connectivity index (χ4v) is 15.7. The normalized spacial score (nSPS) is 18.5. The van der Waals surface area contributed by atoms with Crippen LogP contribution in [0.2, 0.25) is 0 Å². The third-order valence-corrected chi connectivity index (χ3v) is 19.3. The number of hydrogen-bond donors (Lipinski definition) is 0. The zero-order chi connectivity index (χ0) is 56.0. The molecule has 0 N–H and O–H groups in total. The Morgan fingerprint density at radius 2 is 0.482 bits per heavy atom. The smallest absolute Gasteiger partial charge is 0.248 e. The SMILES string of the molecule is Cc1ccc(-c2nnc(-c3ccc(-c4ccc5c(c4)C4c6ccccc6C5c5ccccc54)cc3)o2)cc1.Cc1nc(-c2ccc3c(c2)C2c4ccccc4C3c3ccccc32)nc(-c2ccc3c(c2)C2c4ccccc4C3c3ccccc32)n1. The predicted octanol–water partition coefficient (Wildman–Crippen LogP) is 17.9. The highest BCUT2D eigenvalue weighted by Crippen LogP contribution is 2.59. The molecule has 2 heterocycles. The lowest BCUT2D eigenvalue weighted by atomic mass is 9.61. The summed E-state index contributed by atoms with van der Waals surface area (Å²) in [6, 6.07) is 91.1. The molecule has 6 nitrogen and oxygen atoms in total. The van der Waals surface area contributed by atoms with E-state index < -0.39 is 0 Å². The van der Waals surface area contributed by atoms with Gasteiger partial charge in [-0.15, -0.1) is 10.2 Å². The zero-order valence-electron chi connectivity index (χ0n) is 46.8. The van der Waals surface area contributed by atoms with Gasteiger partial charge in [0.05, 0.1) is 0 Å². The Bertz CT molecular complexity index is 4610. The van der Waals surface area contributed by atoms with Crippen molar-refractivity contribution in [2.24, 2.45) is 0 Å². The molecule has 9 aliphatic carbocycles. The van der Waals surface area contributed by atoms with Crippen molar-refractivity contribution in [2.75, 3.05) is 0 Å². The van der Waals surface area contributed by atoms with Crippen LogP contribution in [0.5, 0.6) is 0 Å². The second kappa shape index (κ2) is 18.5. The van der Waals surface area contributed by atoms with E-state index in [-0.39, 0.29) is 29.6 Å². The van der Waals surface area contributed by atoms with Crippen molar-refractivity contribution >= 4 is 0 Å². The quantitative estimate of drug-likeness (QED) is 0.171. The van der Waals surface area contributed by atoms with Gasteiger partial charge in [0, 0.05) is 57.8 Å². The van der Waals surface area contributed by atoms with Crippen molar-refractivity contribution in [1.82, 2.24) is 25.1 Å². The minimum absolute atomic E-state index is 0.214. The molecule has 11 aromatic carbocycles. The number of nitrogens with zero attached hydrogens (tertiary/aromatic N) is 5. The van der Waals surface area contributed by atoms with Gasteiger partial charge in [0.25, 0.3) is 0 Å². The molecule has 6 bridgehead atoms. The first-order valence-electron chi connectivity index (χ1n) is 29.7. The largest absolute Gasteiger partial charge is 0.416 e. The Kier molecular flexibility index (Phi) is 10.5.